The minimum absolute atomic E-state index is 0.0395. The maximum atomic E-state index is 12.6. The molecule has 0 N–H and O–H groups in total. The largest absolute Gasteiger partial charge is 0.497 e. The number of hydrogen-bond donors (Lipinski definition) is 0. The lowest BCUT2D eigenvalue weighted by atomic mass is 10.3. The van der Waals surface area contributed by atoms with Crippen molar-refractivity contribution >= 4 is 15.7 Å². The zero-order chi connectivity index (χ0) is 14.8. The van der Waals surface area contributed by atoms with Gasteiger partial charge >= 0.3 is 0 Å². The average Bonchev–Trinajstić information content (AvgIpc) is 2.87. The lowest BCUT2D eigenvalue weighted by Gasteiger charge is -2.21. The molecule has 0 amide bonds. The molecule has 6 nitrogen and oxygen atoms in total. The number of nitrogens with zero attached hydrogens (tertiary/aromatic N) is 3. The first-order valence-corrected chi connectivity index (χ1v) is 7.57. The molecule has 0 radical (unpaired) electrons. The van der Waals surface area contributed by atoms with Crippen LogP contribution in [-0.4, -0.2) is 31.6 Å². The summed E-state index contributed by atoms with van der Waals surface area (Å²) >= 11 is 0. The Bertz CT molecular complexity index is 677. The molecule has 1 heterocycles. The number of hydrogen-bond acceptors (Lipinski definition) is 4. The van der Waals surface area contributed by atoms with Gasteiger partial charge < -0.3 is 9.30 Å². The fourth-order valence-electron chi connectivity index (χ4n) is 1.87. The van der Waals surface area contributed by atoms with E-state index in [9.17, 15) is 8.42 Å². The molecule has 0 unspecified atom stereocenters. The third kappa shape index (κ3) is 2.62. The molecule has 2 rings (SSSR count). The first kappa shape index (κ1) is 14.4. The van der Waals surface area contributed by atoms with Crippen LogP contribution in [0.4, 0.5) is 5.69 Å². The van der Waals surface area contributed by atoms with Crippen molar-refractivity contribution in [2.75, 3.05) is 18.0 Å². The number of sulfonamides is 1. The van der Waals surface area contributed by atoms with Gasteiger partial charge in [0, 0.05) is 19.8 Å². The molecule has 0 bridgehead atoms. The summed E-state index contributed by atoms with van der Waals surface area (Å²) in [4.78, 5) is 3.92. The van der Waals surface area contributed by atoms with Crippen LogP contribution < -0.4 is 9.04 Å². The standard InChI is InChI=1S/C13H17N3O3S/c1-4-16(11-5-7-12(19-3)8-6-11)20(17,18)13-9-15(2)10-14-13/h5-10H,4H2,1-3H3. The third-order valence-corrected chi connectivity index (χ3v) is 4.67. The number of aryl methyl sites for hydroxylation is 1. The van der Waals surface area contributed by atoms with Gasteiger partial charge in [-0.1, -0.05) is 0 Å². The second-order valence-electron chi connectivity index (χ2n) is 4.25. The summed E-state index contributed by atoms with van der Waals surface area (Å²) in [6.45, 7) is 2.11. The topological polar surface area (TPSA) is 64.4 Å². The minimum Gasteiger partial charge on any atom is -0.497 e. The van der Waals surface area contributed by atoms with Crippen LogP contribution in [0.1, 0.15) is 6.92 Å². The van der Waals surface area contributed by atoms with E-state index in [2.05, 4.69) is 4.98 Å². The molecule has 108 valence electrons. The molecule has 20 heavy (non-hydrogen) atoms. The van der Waals surface area contributed by atoms with Crippen molar-refractivity contribution in [3.63, 3.8) is 0 Å². The Morgan fingerprint density at radius 3 is 2.40 bits per heavy atom. The third-order valence-electron chi connectivity index (χ3n) is 2.88. The molecule has 0 atom stereocenters. The second kappa shape index (κ2) is 5.54. The van der Waals surface area contributed by atoms with E-state index >= 15 is 0 Å². The SMILES string of the molecule is CCN(c1ccc(OC)cc1)S(=O)(=O)c1cn(C)cn1. The Hall–Kier alpha value is -2.02. The highest BCUT2D eigenvalue weighted by molar-refractivity contribution is 7.92. The Morgan fingerprint density at radius 2 is 1.95 bits per heavy atom. The minimum atomic E-state index is -3.64. The highest BCUT2D eigenvalue weighted by Crippen LogP contribution is 2.24. The summed E-state index contributed by atoms with van der Waals surface area (Å²) in [7, 11) is -0.344. The smallest absolute Gasteiger partial charge is 0.283 e. The van der Waals surface area contributed by atoms with E-state index in [4.69, 9.17) is 4.74 Å². The Kier molecular flexibility index (Phi) is 3.99. The number of anilines is 1. The van der Waals surface area contributed by atoms with Crippen LogP contribution in [0.2, 0.25) is 0 Å². The predicted octanol–water partition coefficient (Wildman–Crippen LogP) is 1.64. The molecule has 2 aromatic rings. The molecule has 7 heteroatoms. The average molecular weight is 295 g/mol. The molecule has 0 aliphatic carbocycles. The Morgan fingerprint density at radius 1 is 1.30 bits per heavy atom. The van der Waals surface area contributed by atoms with Crippen molar-refractivity contribution in [1.29, 1.82) is 0 Å². The first-order chi connectivity index (χ1) is 9.48. The first-order valence-electron chi connectivity index (χ1n) is 6.13. The van der Waals surface area contributed by atoms with Crippen LogP contribution in [0.25, 0.3) is 0 Å². The second-order valence-corrected chi connectivity index (χ2v) is 6.05. The van der Waals surface area contributed by atoms with Gasteiger partial charge in [-0.15, -0.1) is 0 Å². The van der Waals surface area contributed by atoms with E-state index in [-0.39, 0.29) is 5.03 Å². The van der Waals surface area contributed by atoms with Crippen molar-refractivity contribution < 1.29 is 13.2 Å². The normalized spacial score (nSPS) is 11.3. The summed E-state index contributed by atoms with van der Waals surface area (Å²) in [6.07, 6.45) is 2.95. The lowest BCUT2D eigenvalue weighted by molar-refractivity contribution is 0.415. The summed E-state index contributed by atoms with van der Waals surface area (Å²) in [5.74, 6) is 0.681. The molecular formula is C13H17N3O3S. The van der Waals surface area contributed by atoms with Crippen molar-refractivity contribution in [3.8, 4) is 5.75 Å². The quantitative estimate of drug-likeness (QED) is 0.841. The van der Waals surface area contributed by atoms with Gasteiger partial charge in [-0.05, 0) is 31.2 Å². The molecule has 0 aliphatic rings. The van der Waals surface area contributed by atoms with E-state index in [1.54, 1.807) is 49.9 Å². The fourth-order valence-corrected chi connectivity index (χ4v) is 3.32. The molecule has 0 spiro atoms. The number of aromatic nitrogens is 2. The predicted molar refractivity (Wildman–Crippen MR) is 76.4 cm³/mol. The summed E-state index contributed by atoms with van der Waals surface area (Å²) in [6, 6.07) is 6.88. The van der Waals surface area contributed by atoms with Gasteiger partial charge in [0.1, 0.15) is 5.75 Å². The Labute approximate surface area is 118 Å². The van der Waals surface area contributed by atoms with Gasteiger partial charge in [0.15, 0.2) is 5.03 Å². The van der Waals surface area contributed by atoms with Crippen molar-refractivity contribution in [2.45, 2.75) is 11.9 Å². The van der Waals surface area contributed by atoms with Gasteiger partial charge in [0.25, 0.3) is 10.0 Å². The molecule has 0 saturated carbocycles. The van der Waals surface area contributed by atoms with Crippen LogP contribution in [-0.2, 0) is 17.1 Å². The lowest BCUT2D eigenvalue weighted by Crippen LogP contribution is -2.31. The summed E-state index contributed by atoms with van der Waals surface area (Å²) in [5.41, 5.74) is 0.582. The van der Waals surface area contributed by atoms with Gasteiger partial charge in [0.05, 0.1) is 19.1 Å². The number of ether oxygens (including phenoxy) is 1. The maximum absolute atomic E-state index is 12.6. The van der Waals surface area contributed by atoms with E-state index in [0.29, 0.717) is 18.0 Å². The van der Waals surface area contributed by atoms with Gasteiger partial charge in [-0.3, -0.25) is 4.31 Å². The van der Waals surface area contributed by atoms with Crippen LogP contribution in [0, 0.1) is 0 Å². The van der Waals surface area contributed by atoms with E-state index in [1.165, 1.54) is 16.8 Å². The molecular weight excluding hydrogens is 278 g/mol. The highest BCUT2D eigenvalue weighted by Gasteiger charge is 2.25. The van der Waals surface area contributed by atoms with Crippen molar-refractivity contribution in [2.24, 2.45) is 7.05 Å². The van der Waals surface area contributed by atoms with Crippen LogP contribution in [0.5, 0.6) is 5.75 Å². The van der Waals surface area contributed by atoms with Crippen molar-refractivity contribution in [3.05, 3.63) is 36.8 Å². The zero-order valence-electron chi connectivity index (χ0n) is 11.6. The zero-order valence-corrected chi connectivity index (χ0v) is 12.5. The molecule has 0 saturated heterocycles. The number of methoxy groups -OCH3 is 1. The van der Waals surface area contributed by atoms with E-state index in [1.807, 2.05) is 0 Å². The maximum Gasteiger partial charge on any atom is 0.283 e. The number of imidazole rings is 1. The molecule has 1 aromatic carbocycles. The Balaban J connectivity index is 2.40. The number of rotatable bonds is 5. The van der Waals surface area contributed by atoms with Crippen LogP contribution in [0.15, 0.2) is 41.8 Å². The van der Waals surface area contributed by atoms with Crippen LogP contribution in [0.3, 0.4) is 0 Å². The monoisotopic (exact) mass is 295 g/mol. The van der Waals surface area contributed by atoms with E-state index in [0.717, 1.165) is 0 Å². The summed E-state index contributed by atoms with van der Waals surface area (Å²) < 4.78 is 33.1. The van der Waals surface area contributed by atoms with Gasteiger partial charge in [-0.25, -0.2) is 4.98 Å². The molecule has 0 aliphatic heterocycles. The number of benzene rings is 1. The van der Waals surface area contributed by atoms with E-state index < -0.39 is 10.0 Å². The van der Waals surface area contributed by atoms with Crippen LogP contribution >= 0.6 is 0 Å². The molecule has 1 aromatic heterocycles. The van der Waals surface area contributed by atoms with Gasteiger partial charge in [-0.2, -0.15) is 8.42 Å². The van der Waals surface area contributed by atoms with Gasteiger partial charge in [0.2, 0.25) is 0 Å². The molecule has 0 fully saturated rings. The summed E-state index contributed by atoms with van der Waals surface area (Å²) in [5, 5.41) is 0.0395. The fraction of sp³-hybridized carbons (Fsp3) is 0.308. The van der Waals surface area contributed by atoms with Crippen molar-refractivity contribution in [1.82, 2.24) is 9.55 Å². The highest BCUT2D eigenvalue weighted by atomic mass is 32.2.